The lowest BCUT2D eigenvalue weighted by atomic mass is 10.2. The smallest absolute Gasteiger partial charge is 0.211 e. The van der Waals surface area contributed by atoms with Crippen molar-refractivity contribution in [1.82, 2.24) is 10.6 Å². The number of ketones is 1. The molecular weight excluding hydrogens is 180 g/mol. The Hall–Kier alpha value is -1.13. The van der Waals surface area contributed by atoms with E-state index >= 15 is 0 Å². The molecule has 1 aliphatic heterocycles. The van der Waals surface area contributed by atoms with Gasteiger partial charge >= 0.3 is 0 Å². The summed E-state index contributed by atoms with van der Waals surface area (Å²) in [5.41, 5.74) is 0. The molecule has 0 unspecified atom stereocenters. The van der Waals surface area contributed by atoms with E-state index in [0.717, 1.165) is 19.5 Å². The first-order valence-corrected chi connectivity index (χ1v) is 4.87. The third-order valence-corrected chi connectivity index (χ3v) is 2.41. The largest absolute Gasteiger partial charge is 0.461 e. The summed E-state index contributed by atoms with van der Waals surface area (Å²) in [4.78, 5) is 11.5. The molecule has 14 heavy (non-hydrogen) atoms. The fourth-order valence-electron chi connectivity index (χ4n) is 1.59. The molecule has 0 spiro atoms. The first kappa shape index (κ1) is 9.43. The Morgan fingerprint density at radius 1 is 1.71 bits per heavy atom. The van der Waals surface area contributed by atoms with E-state index in [-0.39, 0.29) is 5.78 Å². The van der Waals surface area contributed by atoms with Crippen molar-refractivity contribution in [2.24, 2.45) is 0 Å². The number of Topliss-reactive ketones (excluding diaryl/α,β-unsaturated/α-hetero) is 1. The molecule has 0 aromatic carbocycles. The minimum Gasteiger partial charge on any atom is -0.461 e. The average molecular weight is 194 g/mol. The molecule has 4 nitrogen and oxygen atoms in total. The summed E-state index contributed by atoms with van der Waals surface area (Å²) in [6.07, 6.45) is 2.61. The molecule has 1 saturated heterocycles. The van der Waals surface area contributed by atoms with Crippen molar-refractivity contribution in [2.75, 3.05) is 19.6 Å². The maximum atomic E-state index is 11.5. The summed E-state index contributed by atoms with van der Waals surface area (Å²) in [6, 6.07) is 3.84. The van der Waals surface area contributed by atoms with Gasteiger partial charge in [-0.15, -0.1) is 0 Å². The van der Waals surface area contributed by atoms with Crippen LogP contribution in [0.4, 0.5) is 0 Å². The first-order chi connectivity index (χ1) is 6.86. The molecule has 1 aromatic heterocycles. The minimum absolute atomic E-state index is 0.0156. The lowest BCUT2D eigenvalue weighted by Crippen LogP contribution is -2.35. The van der Waals surface area contributed by atoms with E-state index < -0.39 is 0 Å². The zero-order valence-electron chi connectivity index (χ0n) is 7.95. The second-order valence-electron chi connectivity index (χ2n) is 3.47. The molecule has 0 amide bonds. The predicted octanol–water partition coefficient (Wildman–Crippen LogP) is 0.414. The van der Waals surface area contributed by atoms with Crippen LogP contribution in [0.3, 0.4) is 0 Å². The number of nitrogens with one attached hydrogen (secondary N) is 2. The van der Waals surface area contributed by atoms with Crippen LogP contribution in [0.5, 0.6) is 0 Å². The van der Waals surface area contributed by atoms with Gasteiger partial charge in [0.05, 0.1) is 12.8 Å². The number of furan rings is 1. The number of hydrogen-bond donors (Lipinski definition) is 2. The molecule has 1 atom stereocenters. The molecule has 1 aromatic rings. The normalized spacial score (nSPS) is 21.3. The highest BCUT2D eigenvalue weighted by molar-refractivity contribution is 5.94. The van der Waals surface area contributed by atoms with Crippen molar-refractivity contribution >= 4 is 5.78 Å². The minimum atomic E-state index is 0.0156. The second kappa shape index (κ2) is 4.39. The van der Waals surface area contributed by atoms with Gasteiger partial charge < -0.3 is 15.1 Å². The van der Waals surface area contributed by atoms with Gasteiger partial charge in [0.1, 0.15) is 0 Å². The predicted molar refractivity (Wildman–Crippen MR) is 52.3 cm³/mol. The van der Waals surface area contributed by atoms with Crippen LogP contribution in [0.15, 0.2) is 22.8 Å². The topological polar surface area (TPSA) is 54.3 Å². The molecule has 0 saturated carbocycles. The van der Waals surface area contributed by atoms with Crippen molar-refractivity contribution in [1.29, 1.82) is 0 Å². The Balaban J connectivity index is 1.78. The van der Waals surface area contributed by atoms with Gasteiger partial charge in [-0.2, -0.15) is 0 Å². The molecule has 2 heterocycles. The molecule has 0 aliphatic carbocycles. The Kier molecular flexibility index (Phi) is 2.96. The third kappa shape index (κ3) is 2.21. The summed E-state index contributed by atoms with van der Waals surface area (Å²) in [5.74, 6) is 0.449. The Morgan fingerprint density at radius 2 is 2.64 bits per heavy atom. The third-order valence-electron chi connectivity index (χ3n) is 2.41. The molecule has 2 rings (SSSR count). The second-order valence-corrected chi connectivity index (χ2v) is 3.47. The van der Waals surface area contributed by atoms with E-state index in [1.807, 2.05) is 0 Å². The van der Waals surface area contributed by atoms with Crippen LogP contribution in [-0.2, 0) is 0 Å². The lowest BCUT2D eigenvalue weighted by Gasteiger charge is -2.08. The van der Waals surface area contributed by atoms with Gasteiger partial charge in [0.15, 0.2) is 5.76 Å². The number of hydrogen-bond acceptors (Lipinski definition) is 4. The van der Waals surface area contributed by atoms with Gasteiger partial charge in [-0.05, 0) is 25.1 Å². The zero-order chi connectivity index (χ0) is 9.80. The molecule has 4 heteroatoms. The van der Waals surface area contributed by atoms with Crippen LogP contribution in [0, 0.1) is 0 Å². The van der Waals surface area contributed by atoms with Gasteiger partial charge in [0, 0.05) is 12.6 Å². The maximum Gasteiger partial charge on any atom is 0.211 e. The summed E-state index contributed by atoms with van der Waals surface area (Å²) in [5, 5.41) is 6.43. The molecule has 0 radical (unpaired) electrons. The van der Waals surface area contributed by atoms with Crippen molar-refractivity contribution < 1.29 is 9.21 Å². The highest BCUT2D eigenvalue weighted by Gasteiger charge is 2.16. The molecule has 2 N–H and O–H groups in total. The van der Waals surface area contributed by atoms with Crippen LogP contribution in [0.25, 0.3) is 0 Å². The van der Waals surface area contributed by atoms with Crippen LogP contribution < -0.4 is 10.6 Å². The molecule has 0 bridgehead atoms. The number of carbonyl (C=O) groups is 1. The van der Waals surface area contributed by atoms with E-state index in [4.69, 9.17) is 4.42 Å². The summed E-state index contributed by atoms with van der Waals surface area (Å²) >= 11 is 0. The SMILES string of the molecule is O=C(CN[C@H]1CCNC1)c1ccco1. The molecule has 1 fully saturated rings. The Morgan fingerprint density at radius 3 is 3.29 bits per heavy atom. The standard InChI is InChI=1S/C10H14N2O2/c13-9(10-2-1-5-14-10)7-12-8-3-4-11-6-8/h1-2,5,8,11-12H,3-4,6-7H2/t8-/m0/s1. The highest BCUT2D eigenvalue weighted by Crippen LogP contribution is 2.02. The monoisotopic (exact) mass is 194 g/mol. The van der Waals surface area contributed by atoms with Gasteiger partial charge in [-0.25, -0.2) is 0 Å². The molecule has 1 aliphatic rings. The van der Waals surface area contributed by atoms with Gasteiger partial charge in [-0.3, -0.25) is 4.79 Å². The van der Waals surface area contributed by atoms with Gasteiger partial charge in [-0.1, -0.05) is 0 Å². The molecular formula is C10H14N2O2. The van der Waals surface area contributed by atoms with E-state index in [1.54, 1.807) is 12.1 Å². The van der Waals surface area contributed by atoms with E-state index in [9.17, 15) is 4.79 Å². The van der Waals surface area contributed by atoms with Gasteiger partial charge in [0.2, 0.25) is 5.78 Å². The summed E-state index contributed by atoms with van der Waals surface area (Å²) in [7, 11) is 0. The Labute approximate surface area is 82.7 Å². The molecule has 76 valence electrons. The fraction of sp³-hybridized carbons (Fsp3) is 0.500. The van der Waals surface area contributed by atoms with Crippen molar-refractivity contribution in [2.45, 2.75) is 12.5 Å². The van der Waals surface area contributed by atoms with E-state index in [2.05, 4.69) is 10.6 Å². The van der Waals surface area contributed by atoms with Crippen molar-refractivity contribution in [3.05, 3.63) is 24.2 Å². The summed E-state index contributed by atoms with van der Waals surface area (Å²) in [6.45, 7) is 2.35. The van der Waals surface area contributed by atoms with Crippen molar-refractivity contribution in [3.8, 4) is 0 Å². The number of carbonyl (C=O) groups excluding carboxylic acids is 1. The van der Waals surface area contributed by atoms with E-state index in [1.165, 1.54) is 6.26 Å². The van der Waals surface area contributed by atoms with E-state index in [0.29, 0.717) is 18.3 Å². The summed E-state index contributed by atoms with van der Waals surface area (Å²) < 4.78 is 5.01. The first-order valence-electron chi connectivity index (χ1n) is 4.87. The highest BCUT2D eigenvalue weighted by atomic mass is 16.3. The lowest BCUT2D eigenvalue weighted by molar-refractivity contribution is 0.0961. The average Bonchev–Trinajstić information content (AvgIpc) is 2.87. The van der Waals surface area contributed by atoms with Crippen molar-refractivity contribution in [3.63, 3.8) is 0 Å². The fourth-order valence-corrected chi connectivity index (χ4v) is 1.59. The number of rotatable bonds is 4. The van der Waals surface area contributed by atoms with Crippen LogP contribution in [-0.4, -0.2) is 31.5 Å². The Bertz CT molecular complexity index is 289. The quantitative estimate of drug-likeness (QED) is 0.682. The van der Waals surface area contributed by atoms with Crippen LogP contribution in [0.1, 0.15) is 17.0 Å². The van der Waals surface area contributed by atoms with Crippen LogP contribution in [0.2, 0.25) is 0 Å². The zero-order valence-corrected chi connectivity index (χ0v) is 7.95. The maximum absolute atomic E-state index is 11.5. The van der Waals surface area contributed by atoms with Gasteiger partial charge in [0.25, 0.3) is 0 Å². The van der Waals surface area contributed by atoms with Crippen LogP contribution >= 0.6 is 0 Å².